The van der Waals surface area contributed by atoms with Crippen LogP contribution in [0, 0.1) is 5.82 Å². The Morgan fingerprint density at radius 3 is 2.57 bits per heavy atom. The molecular weight excluding hydrogens is 305 g/mol. The third-order valence-corrected chi connectivity index (χ3v) is 3.90. The van der Waals surface area contributed by atoms with Gasteiger partial charge in [-0.3, -0.25) is 4.79 Å². The van der Waals surface area contributed by atoms with Crippen molar-refractivity contribution in [1.82, 2.24) is 4.72 Å². The van der Waals surface area contributed by atoms with Gasteiger partial charge in [-0.25, -0.2) is 22.3 Å². The molecule has 0 fully saturated rings. The number of carbonyl (C=O) groups is 2. The fourth-order valence-electron chi connectivity index (χ4n) is 1.48. The molecule has 2 N–H and O–H groups in total. The maximum Gasteiger partial charge on any atom is 0.337 e. The van der Waals surface area contributed by atoms with Crippen molar-refractivity contribution in [3.05, 3.63) is 29.6 Å². The highest BCUT2D eigenvalue weighted by Gasteiger charge is 2.18. The minimum Gasteiger partial charge on any atom is -0.481 e. The van der Waals surface area contributed by atoms with Crippen LogP contribution in [0.5, 0.6) is 0 Å². The first-order valence-corrected chi connectivity index (χ1v) is 7.35. The van der Waals surface area contributed by atoms with E-state index >= 15 is 0 Å². The zero-order valence-electron chi connectivity index (χ0n) is 11.1. The van der Waals surface area contributed by atoms with Crippen LogP contribution in [0.15, 0.2) is 23.1 Å². The maximum absolute atomic E-state index is 13.4. The molecule has 0 atom stereocenters. The Hall–Kier alpha value is -2.00. The number of esters is 1. The number of aliphatic carboxylic acids is 1. The second kappa shape index (κ2) is 7.14. The number of benzene rings is 1. The molecule has 1 aromatic carbocycles. The Morgan fingerprint density at radius 1 is 1.33 bits per heavy atom. The number of ether oxygens (including phenoxy) is 1. The van der Waals surface area contributed by atoms with Crippen LogP contribution in [-0.4, -0.2) is 39.1 Å². The topological polar surface area (TPSA) is 110 Å². The molecule has 0 amide bonds. The second-order valence-electron chi connectivity index (χ2n) is 4.06. The molecule has 0 spiro atoms. The number of carboxylic acids is 1. The van der Waals surface area contributed by atoms with Crippen LogP contribution >= 0.6 is 0 Å². The first-order chi connectivity index (χ1) is 9.76. The van der Waals surface area contributed by atoms with E-state index in [-0.39, 0.29) is 24.9 Å². The van der Waals surface area contributed by atoms with E-state index in [9.17, 15) is 22.4 Å². The number of hydrogen-bond acceptors (Lipinski definition) is 5. The normalized spacial score (nSPS) is 11.1. The first-order valence-electron chi connectivity index (χ1n) is 5.86. The van der Waals surface area contributed by atoms with Crippen LogP contribution in [0.25, 0.3) is 0 Å². The summed E-state index contributed by atoms with van der Waals surface area (Å²) < 4.78 is 43.7. The fourth-order valence-corrected chi connectivity index (χ4v) is 2.61. The third kappa shape index (κ3) is 5.12. The number of methoxy groups -OCH3 is 1. The lowest BCUT2D eigenvalue weighted by molar-refractivity contribution is -0.137. The number of sulfonamides is 1. The van der Waals surface area contributed by atoms with E-state index in [1.54, 1.807) is 0 Å². The summed E-state index contributed by atoms with van der Waals surface area (Å²) in [6.07, 6.45) is -0.104. The molecule has 0 saturated heterocycles. The van der Waals surface area contributed by atoms with Crippen molar-refractivity contribution in [2.24, 2.45) is 0 Å². The molecule has 0 saturated carbocycles. The number of carboxylic acid groups (broad SMARTS) is 1. The predicted octanol–water partition coefficient (Wildman–Crippen LogP) is 0.755. The zero-order chi connectivity index (χ0) is 16.0. The van der Waals surface area contributed by atoms with Crippen molar-refractivity contribution in [2.45, 2.75) is 17.7 Å². The third-order valence-electron chi connectivity index (χ3n) is 2.46. The Morgan fingerprint density at radius 2 is 2.00 bits per heavy atom. The summed E-state index contributed by atoms with van der Waals surface area (Å²) in [7, 11) is -2.95. The molecule has 0 aliphatic carbocycles. The molecule has 0 unspecified atom stereocenters. The van der Waals surface area contributed by atoms with Gasteiger partial charge in [0.2, 0.25) is 10.0 Å². The van der Waals surface area contributed by atoms with Gasteiger partial charge in [0.05, 0.1) is 17.6 Å². The van der Waals surface area contributed by atoms with E-state index in [4.69, 9.17) is 5.11 Å². The lowest BCUT2D eigenvalue weighted by atomic mass is 10.2. The number of nitrogens with one attached hydrogen (secondary N) is 1. The SMILES string of the molecule is COC(=O)c1cc(F)cc(S(=O)(=O)NCCCC(=O)O)c1. The van der Waals surface area contributed by atoms with Crippen molar-refractivity contribution < 1.29 is 32.2 Å². The molecule has 0 radical (unpaired) electrons. The van der Waals surface area contributed by atoms with Crippen LogP contribution in [0.4, 0.5) is 4.39 Å². The molecule has 1 rings (SSSR count). The van der Waals surface area contributed by atoms with Gasteiger partial charge in [0, 0.05) is 13.0 Å². The summed E-state index contributed by atoms with van der Waals surface area (Å²) in [6, 6.07) is 2.59. The van der Waals surface area contributed by atoms with Gasteiger partial charge < -0.3 is 9.84 Å². The standard InChI is InChI=1S/C12H14FNO6S/c1-20-12(17)8-5-9(13)7-10(6-8)21(18,19)14-4-2-3-11(15)16/h5-7,14H,2-4H2,1H3,(H,15,16). The monoisotopic (exact) mass is 319 g/mol. The summed E-state index contributed by atoms with van der Waals surface area (Å²) in [5.41, 5.74) is -0.233. The van der Waals surface area contributed by atoms with Gasteiger partial charge in [-0.2, -0.15) is 0 Å². The minimum absolute atomic E-state index is 0.0910. The van der Waals surface area contributed by atoms with Crippen molar-refractivity contribution in [3.63, 3.8) is 0 Å². The smallest absolute Gasteiger partial charge is 0.337 e. The molecule has 0 aromatic heterocycles. The summed E-state index contributed by atoms with van der Waals surface area (Å²) >= 11 is 0. The molecule has 116 valence electrons. The minimum atomic E-state index is -4.04. The Bertz CT molecular complexity index is 643. The highest BCUT2D eigenvalue weighted by atomic mass is 32.2. The van der Waals surface area contributed by atoms with Crippen LogP contribution in [0.1, 0.15) is 23.2 Å². The van der Waals surface area contributed by atoms with Gasteiger partial charge >= 0.3 is 11.9 Å². The van der Waals surface area contributed by atoms with Crippen molar-refractivity contribution >= 4 is 22.0 Å². The Balaban J connectivity index is 2.90. The van der Waals surface area contributed by atoms with Crippen LogP contribution in [0.3, 0.4) is 0 Å². The van der Waals surface area contributed by atoms with Gasteiger partial charge in [-0.05, 0) is 24.6 Å². The van der Waals surface area contributed by atoms with Gasteiger partial charge in [-0.15, -0.1) is 0 Å². The van der Waals surface area contributed by atoms with Crippen LogP contribution in [0.2, 0.25) is 0 Å². The molecule has 1 aromatic rings. The van der Waals surface area contributed by atoms with E-state index in [1.807, 2.05) is 0 Å². The average molecular weight is 319 g/mol. The molecule has 0 aliphatic heterocycles. The molecule has 0 bridgehead atoms. The number of halogens is 1. The van der Waals surface area contributed by atoms with Gasteiger partial charge in [0.25, 0.3) is 0 Å². The highest BCUT2D eigenvalue weighted by molar-refractivity contribution is 7.89. The van der Waals surface area contributed by atoms with Crippen molar-refractivity contribution in [1.29, 1.82) is 0 Å². The van der Waals surface area contributed by atoms with Crippen molar-refractivity contribution in [3.8, 4) is 0 Å². The van der Waals surface area contributed by atoms with E-state index in [0.29, 0.717) is 0 Å². The Labute approximate surface area is 120 Å². The largest absolute Gasteiger partial charge is 0.481 e. The van der Waals surface area contributed by atoms with Crippen molar-refractivity contribution in [2.75, 3.05) is 13.7 Å². The zero-order valence-corrected chi connectivity index (χ0v) is 11.9. The number of rotatable bonds is 7. The van der Waals surface area contributed by atoms with Gasteiger partial charge in [-0.1, -0.05) is 0 Å². The maximum atomic E-state index is 13.4. The predicted molar refractivity (Wildman–Crippen MR) is 69.8 cm³/mol. The lowest BCUT2D eigenvalue weighted by Crippen LogP contribution is -2.25. The highest BCUT2D eigenvalue weighted by Crippen LogP contribution is 2.15. The molecule has 0 aliphatic rings. The van der Waals surface area contributed by atoms with E-state index < -0.39 is 32.7 Å². The summed E-state index contributed by atoms with van der Waals surface area (Å²) in [4.78, 5) is 21.2. The lowest BCUT2D eigenvalue weighted by Gasteiger charge is -2.08. The average Bonchev–Trinajstić information content (AvgIpc) is 2.42. The quantitative estimate of drug-likeness (QED) is 0.567. The molecule has 0 heterocycles. The van der Waals surface area contributed by atoms with Gasteiger partial charge in [0.15, 0.2) is 0 Å². The van der Waals surface area contributed by atoms with E-state index in [2.05, 4.69) is 9.46 Å². The van der Waals surface area contributed by atoms with E-state index in [1.165, 1.54) is 0 Å². The second-order valence-corrected chi connectivity index (χ2v) is 5.83. The Kier molecular flexibility index (Phi) is 5.79. The molecule has 7 nitrogen and oxygen atoms in total. The van der Waals surface area contributed by atoms with Crippen LogP contribution in [-0.2, 0) is 19.6 Å². The van der Waals surface area contributed by atoms with Gasteiger partial charge in [0.1, 0.15) is 5.82 Å². The molecule has 21 heavy (non-hydrogen) atoms. The fraction of sp³-hybridized carbons (Fsp3) is 0.333. The molecular formula is C12H14FNO6S. The summed E-state index contributed by atoms with van der Waals surface area (Å²) in [6.45, 7) is -0.112. The van der Waals surface area contributed by atoms with E-state index in [0.717, 1.165) is 25.3 Å². The molecule has 9 heteroatoms. The van der Waals surface area contributed by atoms with Crippen LogP contribution < -0.4 is 4.72 Å². The number of hydrogen-bond donors (Lipinski definition) is 2. The summed E-state index contributed by atoms with van der Waals surface area (Å²) in [5, 5.41) is 8.44. The summed E-state index contributed by atoms with van der Waals surface area (Å²) in [5.74, 6) is -2.81. The number of carbonyl (C=O) groups excluding carboxylic acids is 1. The first kappa shape index (κ1) is 17.1.